The van der Waals surface area contributed by atoms with Gasteiger partial charge in [0.25, 0.3) is 0 Å². The predicted molar refractivity (Wildman–Crippen MR) is 83.5 cm³/mol. The van der Waals surface area contributed by atoms with Gasteiger partial charge in [-0.05, 0) is 25.2 Å². The summed E-state index contributed by atoms with van der Waals surface area (Å²) >= 11 is 0. The maximum atomic E-state index is 12.7. The summed E-state index contributed by atoms with van der Waals surface area (Å²) in [7, 11) is 1.52. The second-order valence-electron chi connectivity index (χ2n) is 7.17. The maximum absolute atomic E-state index is 12.7. The normalized spacial score (nSPS) is 27.8. The molecule has 2 fully saturated rings. The Morgan fingerprint density at radius 2 is 2.00 bits per heavy atom. The number of aliphatic carboxylic acids is 1. The van der Waals surface area contributed by atoms with Gasteiger partial charge in [0.1, 0.15) is 5.41 Å². The van der Waals surface area contributed by atoms with Gasteiger partial charge in [0.2, 0.25) is 5.91 Å². The van der Waals surface area contributed by atoms with Crippen LogP contribution in [-0.4, -0.2) is 48.7 Å². The lowest BCUT2D eigenvalue weighted by Crippen LogP contribution is -2.53. The smallest absolute Gasteiger partial charge is 0.313 e. The van der Waals surface area contributed by atoms with Crippen molar-refractivity contribution in [2.45, 2.75) is 51.9 Å². The minimum Gasteiger partial charge on any atom is -0.481 e. The van der Waals surface area contributed by atoms with Gasteiger partial charge in [-0.2, -0.15) is 0 Å². The van der Waals surface area contributed by atoms with Crippen molar-refractivity contribution in [2.75, 3.05) is 26.8 Å². The fraction of sp³-hybridized carbons (Fsp3) is 0.882. The van der Waals surface area contributed by atoms with E-state index in [1.54, 1.807) is 4.90 Å². The van der Waals surface area contributed by atoms with Crippen LogP contribution in [-0.2, 0) is 14.3 Å². The fourth-order valence-electron chi connectivity index (χ4n) is 4.11. The predicted octanol–water partition coefficient (Wildman–Crippen LogP) is 2.54. The molecule has 1 N–H and O–H groups in total. The second kappa shape index (κ2) is 7.44. The Morgan fingerprint density at radius 3 is 2.59 bits per heavy atom. The number of carboxylic acid groups (broad SMARTS) is 1. The number of methoxy groups -OCH3 is 1. The van der Waals surface area contributed by atoms with Crippen LogP contribution in [0, 0.1) is 17.3 Å². The van der Waals surface area contributed by atoms with E-state index in [0.717, 1.165) is 12.8 Å². The Morgan fingerprint density at radius 1 is 1.32 bits per heavy atom. The molecule has 1 aliphatic heterocycles. The Balaban J connectivity index is 1.97. The second-order valence-corrected chi connectivity index (χ2v) is 7.17. The van der Waals surface area contributed by atoms with E-state index in [-0.39, 0.29) is 25.0 Å². The molecule has 126 valence electrons. The molecule has 1 saturated carbocycles. The number of hydrogen-bond donors (Lipinski definition) is 1. The average molecular weight is 311 g/mol. The van der Waals surface area contributed by atoms with Crippen LogP contribution < -0.4 is 0 Å². The molecule has 2 aliphatic rings. The first-order valence-corrected chi connectivity index (χ1v) is 8.49. The minimum atomic E-state index is -0.935. The first-order valence-electron chi connectivity index (χ1n) is 8.49. The molecule has 1 heterocycles. The summed E-state index contributed by atoms with van der Waals surface area (Å²) < 4.78 is 5.12. The average Bonchev–Trinajstić information content (AvgIpc) is 2.99. The molecular weight excluding hydrogens is 282 g/mol. The zero-order valence-electron chi connectivity index (χ0n) is 13.8. The molecular formula is C17H29NO4. The van der Waals surface area contributed by atoms with Crippen LogP contribution in [0.3, 0.4) is 0 Å². The van der Waals surface area contributed by atoms with Crippen molar-refractivity contribution in [2.24, 2.45) is 17.3 Å². The van der Waals surface area contributed by atoms with Crippen molar-refractivity contribution in [1.29, 1.82) is 0 Å². The van der Waals surface area contributed by atoms with Crippen molar-refractivity contribution in [1.82, 2.24) is 4.90 Å². The summed E-state index contributed by atoms with van der Waals surface area (Å²) in [6, 6.07) is 0. The standard InChI is InChI=1S/C17H29NO4/c1-13(10-14-6-3-4-7-14)15(19)18-9-5-8-17(11-18,12-22-2)16(20)21/h13-14H,3-12H2,1-2H3,(H,20,21). The van der Waals surface area contributed by atoms with Crippen molar-refractivity contribution in [3.05, 3.63) is 0 Å². The highest BCUT2D eigenvalue weighted by atomic mass is 16.5. The van der Waals surface area contributed by atoms with E-state index < -0.39 is 11.4 Å². The van der Waals surface area contributed by atoms with E-state index in [1.165, 1.54) is 32.8 Å². The van der Waals surface area contributed by atoms with Crippen LogP contribution in [0.5, 0.6) is 0 Å². The van der Waals surface area contributed by atoms with Gasteiger partial charge in [-0.3, -0.25) is 9.59 Å². The van der Waals surface area contributed by atoms with Gasteiger partial charge < -0.3 is 14.7 Å². The summed E-state index contributed by atoms with van der Waals surface area (Å²) in [4.78, 5) is 26.1. The first kappa shape index (κ1) is 17.3. The highest BCUT2D eigenvalue weighted by molar-refractivity contribution is 5.81. The number of amides is 1. The monoisotopic (exact) mass is 311 g/mol. The molecule has 2 rings (SSSR count). The molecule has 0 aromatic rings. The Hall–Kier alpha value is -1.10. The van der Waals surface area contributed by atoms with Crippen LogP contribution in [0.2, 0.25) is 0 Å². The topological polar surface area (TPSA) is 66.8 Å². The van der Waals surface area contributed by atoms with Gasteiger partial charge in [0.15, 0.2) is 0 Å². The molecule has 5 nitrogen and oxygen atoms in total. The lowest BCUT2D eigenvalue weighted by Gasteiger charge is -2.40. The summed E-state index contributed by atoms with van der Waals surface area (Å²) in [5.74, 6) is -0.0641. The van der Waals surface area contributed by atoms with Crippen molar-refractivity contribution in [3.63, 3.8) is 0 Å². The van der Waals surface area contributed by atoms with Gasteiger partial charge in [0, 0.05) is 26.1 Å². The quantitative estimate of drug-likeness (QED) is 0.818. The molecule has 1 saturated heterocycles. The SMILES string of the molecule is COCC1(C(=O)O)CCCN(C(=O)C(C)CC2CCCC2)C1. The zero-order chi connectivity index (χ0) is 16.2. The number of piperidine rings is 1. The lowest BCUT2D eigenvalue weighted by molar-refractivity contribution is -0.160. The van der Waals surface area contributed by atoms with Crippen molar-refractivity contribution in [3.8, 4) is 0 Å². The van der Waals surface area contributed by atoms with Crippen LogP contribution >= 0.6 is 0 Å². The number of rotatable bonds is 6. The number of carboxylic acids is 1. The van der Waals surface area contributed by atoms with E-state index in [4.69, 9.17) is 4.74 Å². The van der Waals surface area contributed by atoms with Gasteiger partial charge in [-0.1, -0.05) is 32.6 Å². The Labute approximate surface area is 133 Å². The summed E-state index contributed by atoms with van der Waals surface area (Å²) in [5, 5.41) is 9.57. The molecule has 2 unspecified atom stereocenters. The number of nitrogens with zero attached hydrogens (tertiary/aromatic N) is 1. The van der Waals surface area contributed by atoms with Crippen LogP contribution in [0.4, 0.5) is 0 Å². The van der Waals surface area contributed by atoms with Gasteiger partial charge in [0.05, 0.1) is 6.61 Å². The number of ether oxygens (including phenoxy) is 1. The third-order valence-corrected chi connectivity index (χ3v) is 5.35. The summed E-state index contributed by atoms with van der Waals surface area (Å²) in [5.41, 5.74) is -0.935. The number of hydrogen-bond acceptors (Lipinski definition) is 3. The highest BCUT2D eigenvalue weighted by Crippen LogP contribution is 2.34. The van der Waals surface area contributed by atoms with Crippen LogP contribution in [0.25, 0.3) is 0 Å². The lowest BCUT2D eigenvalue weighted by atomic mass is 9.80. The van der Waals surface area contributed by atoms with E-state index in [0.29, 0.717) is 18.9 Å². The molecule has 0 bridgehead atoms. The van der Waals surface area contributed by atoms with Crippen LogP contribution in [0.1, 0.15) is 51.9 Å². The Kier molecular flexibility index (Phi) is 5.84. The molecule has 0 radical (unpaired) electrons. The summed E-state index contributed by atoms with van der Waals surface area (Å²) in [6.07, 6.45) is 7.30. The maximum Gasteiger partial charge on any atom is 0.313 e. The number of carbonyl (C=O) groups is 2. The third kappa shape index (κ3) is 3.80. The third-order valence-electron chi connectivity index (χ3n) is 5.35. The van der Waals surface area contributed by atoms with E-state index >= 15 is 0 Å². The molecule has 1 aliphatic carbocycles. The number of carbonyl (C=O) groups excluding carboxylic acids is 1. The zero-order valence-corrected chi connectivity index (χ0v) is 13.8. The van der Waals surface area contributed by atoms with Gasteiger partial charge in [-0.25, -0.2) is 0 Å². The molecule has 22 heavy (non-hydrogen) atoms. The molecule has 2 atom stereocenters. The minimum absolute atomic E-state index is 0.00441. The highest BCUT2D eigenvalue weighted by Gasteiger charge is 2.44. The largest absolute Gasteiger partial charge is 0.481 e. The first-order chi connectivity index (χ1) is 10.5. The molecule has 5 heteroatoms. The summed E-state index contributed by atoms with van der Waals surface area (Å²) in [6.45, 7) is 3.12. The fourth-order valence-corrected chi connectivity index (χ4v) is 4.11. The Bertz CT molecular complexity index is 401. The van der Waals surface area contributed by atoms with Gasteiger partial charge >= 0.3 is 5.97 Å². The van der Waals surface area contributed by atoms with Gasteiger partial charge in [-0.15, -0.1) is 0 Å². The van der Waals surface area contributed by atoms with Crippen molar-refractivity contribution >= 4 is 11.9 Å². The van der Waals surface area contributed by atoms with Crippen molar-refractivity contribution < 1.29 is 19.4 Å². The molecule has 0 spiro atoms. The molecule has 0 aromatic heterocycles. The molecule has 0 aromatic carbocycles. The van der Waals surface area contributed by atoms with E-state index in [1.807, 2.05) is 6.92 Å². The van der Waals surface area contributed by atoms with E-state index in [9.17, 15) is 14.7 Å². The van der Waals surface area contributed by atoms with Crippen LogP contribution in [0.15, 0.2) is 0 Å². The molecule has 1 amide bonds. The van der Waals surface area contributed by atoms with E-state index in [2.05, 4.69) is 0 Å². The number of likely N-dealkylation sites (tertiary alicyclic amines) is 1.